The molecule has 0 amide bonds. The summed E-state index contributed by atoms with van der Waals surface area (Å²) in [5.41, 5.74) is 0. The molecule has 0 unspecified atom stereocenters. The van der Waals surface area contributed by atoms with Crippen LogP contribution >= 0.6 is 0 Å². The van der Waals surface area contributed by atoms with Crippen LogP contribution < -0.4 is 0 Å². The van der Waals surface area contributed by atoms with Crippen LogP contribution in [0.5, 0.6) is 0 Å². The highest BCUT2D eigenvalue weighted by Gasteiger charge is 2.24. The van der Waals surface area contributed by atoms with Gasteiger partial charge in [-0.05, 0) is 39.3 Å². The minimum atomic E-state index is -3.67. The van der Waals surface area contributed by atoms with Crippen molar-refractivity contribution in [2.24, 2.45) is 0 Å². The summed E-state index contributed by atoms with van der Waals surface area (Å²) < 4.78 is 31.8. The predicted octanol–water partition coefficient (Wildman–Crippen LogP) is 2.18. The van der Waals surface area contributed by atoms with Crippen LogP contribution in [0.4, 0.5) is 0 Å². The summed E-state index contributed by atoms with van der Waals surface area (Å²) in [5, 5.41) is 0. The third-order valence-corrected chi connectivity index (χ3v) is 5.51. The molecular formula is C7H22O4SSi2. The Kier molecular flexibility index (Phi) is 6.46. The second-order valence-electron chi connectivity index (χ2n) is 5.06. The Hall–Kier alpha value is 0.304. The van der Waals surface area contributed by atoms with Crippen LogP contribution in [0.3, 0.4) is 0 Å². The topological polar surface area (TPSA) is 63.6 Å². The van der Waals surface area contributed by atoms with Crippen molar-refractivity contribution >= 4 is 26.8 Å². The van der Waals surface area contributed by atoms with Gasteiger partial charge in [0.05, 0.1) is 6.26 Å². The molecule has 0 fully saturated rings. The zero-order valence-electron chi connectivity index (χ0n) is 10.1. The zero-order valence-corrected chi connectivity index (χ0v) is 12.9. The molecular weight excluding hydrogens is 236 g/mol. The van der Waals surface area contributed by atoms with Gasteiger partial charge in [0.1, 0.15) is 0 Å². The molecule has 0 rings (SSSR count). The predicted molar refractivity (Wildman–Crippen MR) is 65.2 cm³/mol. The first-order valence-electron chi connectivity index (χ1n) is 4.33. The largest absolute Gasteiger partial charge is 0.456 e. The first-order chi connectivity index (χ1) is 5.71. The summed E-state index contributed by atoms with van der Waals surface area (Å²) in [4.78, 5) is 0. The Morgan fingerprint density at radius 1 is 0.929 bits per heavy atom. The van der Waals surface area contributed by atoms with Crippen molar-refractivity contribution in [1.82, 2.24) is 0 Å². The minimum absolute atomic E-state index is 0.715. The lowest BCUT2D eigenvalue weighted by Crippen LogP contribution is -2.39. The summed E-state index contributed by atoms with van der Waals surface area (Å²) in [7, 11) is -6.13. The Labute approximate surface area is 89.7 Å². The molecule has 0 spiro atoms. The lowest BCUT2D eigenvalue weighted by molar-refractivity contribution is 0.490. The fourth-order valence-corrected chi connectivity index (χ4v) is 8.27. The molecule has 0 aliphatic heterocycles. The molecule has 14 heavy (non-hydrogen) atoms. The molecule has 0 aromatic carbocycles. The fraction of sp³-hybridized carbons (Fsp3) is 1.00. The van der Waals surface area contributed by atoms with Crippen LogP contribution in [0.15, 0.2) is 0 Å². The van der Waals surface area contributed by atoms with Gasteiger partial charge in [-0.25, -0.2) is 0 Å². The molecule has 7 heteroatoms. The van der Waals surface area contributed by atoms with E-state index in [2.05, 4.69) is 39.3 Å². The fourth-order valence-electron chi connectivity index (χ4n) is 0.919. The standard InChI is InChI=1S/C6H18OSi2.CH4O3S/c1-8(2,3)7-9(4,5)6;1-5(2,3)4/h1-6H3;1H3,(H,2,3,4). The molecule has 0 aliphatic carbocycles. The van der Waals surface area contributed by atoms with Gasteiger partial charge in [-0.1, -0.05) is 0 Å². The van der Waals surface area contributed by atoms with Crippen molar-refractivity contribution < 1.29 is 17.1 Å². The number of hydrogen-bond donors (Lipinski definition) is 1. The van der Waals surface area contributed by atoms with E-state index < -0.39 is 26.8 Å². The number of rotatable bonds is 2. The first-order valence-corrected chi connectivity index (χ1v) is 13.0. The first kappa shape index (κ1) is 16.7. The van der Waals surface area contributed by atoms with Crippen LogP contribution in [0.1, 0.15) is 0 Å². The van der Waals surface area contributed by atoms with Gasteiger partial charge in [0.25, 0.3) is 10.1 Å². The van der Waals surface area contributed by atoms with Crippen molar-refractivity contribution in [3.8, 4) is 0 Å². The van der Waals surface area contributed by atoms with Crippen molar-refractivity contribution in [3.63, 3.8) is 0 Å². The third-order valence-electron chi connectivity index (χ3n) is 0.612. The molecule has 4 nitrogen and oxygen atoms in total. The van der Waals surface area contributed by atoms with Crippen molar-refractivity contribution in [3.05, 3.63) is 0 Å². The average Bonchev–Trinajstić information content (AvgIpc) is 1.42. The van der Waals surface area contributed by atoms with E-state index in [0.29, 0.717) is 6.26 Å². The number of hydrogen-bond acceptors (Lipinski definition) is 3. The van der Waals surface area contributed by atoms with Crippen molar-refractivity contribution in [2.75, 3.05) is 6.26 Å². The van der Waals surface area contributed by atoms with E-state index in [9.17, 15) is 8.42 Å². The van der Waals surface area contributed by atoms with Crippen molar-refractivity contribution in [1.29, 1.82) is 0 Å². The van der Waals surface area contributed by atoms with E-state index >= 15 is 0 Å². The van der Waals surface area contributed by atoms with Crippen LogP contribution in [0, 0.1) is 0 Å². The van der Waals surface area contributed by atoms with Crippen LogP contribution in [-0.2, 0) is 14.2 Å². The zero-order chi connectivity index (χ0) is 12.2. The SMILES string of the molecule is CS(=O)(=O)O.C[Si](C)(C)O[Si](C)(C)C. The summed E-state index contributed by atoms with van der Waals surface area (Å²) in [6.45, 7) is 13.4. The van der Waals surface area contributed by atoms with Crippen LogP contribution in [0.25, 0.3) is 0 Å². The maximum absolute atomic E-state index is 9.19. The van der Waals surface area contributed by atoms with E-state index in [0.717, 1.165) is 0 Å². The molecule has 88 valence electrons. The minimum Gasteiger partial charge on any atom is -0.456 e. The smallest absolute Gasteiger partial charge is 0.261 e. The normalized spacial score (nSPS) is 13.1. The van der Waals surface area contributed by atoms with Crippen molar-refractivity contribution in [2.45, 2.75) is 39.3 Å². The van der Waals surface area contributed by atoms with Crippen LogP contribution in [-0.4, -0.2) is 35.9 Å². The Bertz CT molecular complexity index is 228. The second-order valence-corrected chi connectivity index (χ2v) is 15.8. The highest BCUT2D eigenvalue weighted by Crippen LogP contribution is 2.12. The molecule has 0 bridgehead atoms. The summed E-state index contributed by atoms with van der Waals surface area (Å²) in [6.07, 6.45) is 0.715. The average molecular weight is 258 g/mol. The van der Waals surface area contributed by atoms with Gasteiger partial charge in [0.15, 0.2) is 16.6 Å². The molecule has 0 aliphatic rings. The monoisotopic (exact) mass is 258 g/mol. The molecule has 0 aromatic rings. The van der Waals surface area contributed by atoms with Gasteiger partial charge in [0, 0.05) is 0 Å². The molecule has 0 radical (unpaired) electrons. The molecule has 1 N–H and O–H groups in total. The highest BCUT2D eigenvalue weighted by atomic mass is 32.2. The van der Waals surface area contributed by atoms with Gasteiger partial charge in [-0.2, -0.15) is 8.42 Å². The maximum Gasteiger partial charge on any atom is 0.261 e. The summed E-state index contributed by atoms with van der Waals surface area (Å²) in [5.74, 6) is 0. The summed E-state index contributed by atoms with van der Waals surface area (Å²) >= 11 is 0. The molecule has 0 aromatic heterocycles. The summed E-state index contributed by atoms with van der Waals surface area (Å²) in [6, 6.07) is 0. The van der Waals surface area contributed by atoms with Gasteiger partial charge >= 0.3 is 0 Å². The van der Waals surface area contributed by atoms with Gasteiger partial charge in [-0.3, -0.25) is 4.55 Å². The van der Waals surface area contributed by atoms with E-state index in [1.807, 2.05) is 0 Å². The van der Waals surface area contributed by atoms with E-state index in [-0.39, 0.29) is 0 Å². The lowest BCUT2D eigenvalue weighted by Gasteiger charge is -2.27. The van der Waals surface area contributed by atoms with Crippen LogP contribution in [0.2, 0.25) is 39.3 Å². The quantitative estimate of drug-likeness (QED) is 0.609. The van der Waals surface area contributed by atoms with E-state index in [1.54, 1.807) is 0 Å². The highest BCUT2D eigenvalue weighted by molar-refractivity contribution is 7.85. The molecule has 0 saturated carbocycles. The Morgan fingerprint density at radius 3 is 1.07 bits per heavy atom. The second kappa shape index (κ2) is 5.40. The lowest BCUT2D eigenvalue weighted by atomic mass is 11.8. The van der Waals surface area contributed by atoms with E-state index in [4.69, 9.17) is 8.67 Å². The van der Waals surface area contributed by atoms with E-state index in [1.165, 1.54) is 0 Å². The maximum atomic E-state index is 9.19. The third kappa shape index (κ3) is 39.6. The Morgan fingerprint density at radius 2 is 1.07 bits per heavy atom. The Balaban J connectivity index is 0. The molecule has 0 saturated heterocycles. The van der Waals surface area contributed by atoms with Gasteiger partial charge in [-0.15, -0.1) is 0 Å². The molecule has 0 atom stereocenters. The van der Waals surface area contributed by atoms with Gasteiger partial charge in [0.2, 0.25) is 0 Å². The molecule has 0 heterocycles. The van der Waals surface area contributed by atoms with Gasteiger partial charge < -0.3 is 4.12 Å².